The number of azo groups is 1. The third kappa shape index (κ3) is 8.92. The number of benzene rings is 1. The van der Waals surface area contributed by atoms with E-state index in [-0.39, 0.29) is 6.61 Å². The fraction of sp³-hybridized carbons (Fsp3) is 0.600. The molecule has 10 nitrogen and oxygen atoms in total. The number of aliphatic carboxylic acids is 1. The lowest BCUT2D eigenvalue weighted by atomic mass is 9.79. The first kappa shape index (κ1) is 36.7. The fourth-order valence-corrected chi connectivity index (χ4v) is 6.48. The lowest BCUT2D eigenvalue weighted by Gasteiger charge is -2.38. The number of esters is 1. The van der Waals surface area contributed by atoms with Gasteiger partial charge >= 0.3 is 11.9 Å². The van der Waals surface area contributed by atoms with Crippen molar-refractivity contribution in [3.05, 3.63) is 39.8 Å². The molecular weight excluding hydrogens is 602 g/mol. The van der Waals surface area contributed by atoms with Gasteiger partial charge in [0, 0.05) is 18.8 Å². The number of hydrogen-bond acceptors (Lipinski definition) is 10. The number of carbonyl (C=O) groups is 2. The number of rotatable bonds is 15. The summed E-state index contributed by atoms with van der Waals surface area (Å²) in [6, 6.07) is 10.2. The smallest absolute Gasteiger partial charge is 0.310 e. The maximum absolute atomic E-state index is 13.1. The summed E-state index contributed by atoms with van der Waals surface area (Å²) in [4.78, 5) is 27.6. The zero-order valence-electron chi connectivity index (χ0n) is 28.2. The number of carboxylic acid groups (broad SMARTS) is 1. The normalized spacial score (nSPS) is 19.1. The quantitative estimate of drug-likeness (QED) is 0.149. The molecule has 4 unspecified atom stereocenters. The molecule has 1 aliphatic rings. The number of ether oxygens (including phenoxy) is 2. The number of carbonyl (C=O) groups excluding carboxylic acids is 1. The van der Waals surface area contributed by atoms with Crippen LogP contribution in [0.25, 0.3) is 0 Å². The summed E-state index contributed by atoms with van der Waals surface area (Å²) < 4.78 is 12.5. The van der Waals surface area contributed by atoms with E-state index in [9.17, 15) is 25.2 Å². The van der Waals surface area contributed by atoms with Crippen LogP contribution in [0.5, 0.6) is 0 Å². The summed E-state index contributed by atoms with van der Waals surface area (Å²) in [6.07, 6.45) is 4.75. The van der Waals surface area contributed by atoms with Gasteiger partial charge in [-0.1, -0.05) is 26.7 Å². The van der Waals surface area contributed by atoms with Gasteiger partial charge in [-0.2, -0.15) is 10.5 Å². The molecule has 3 rings (SSSR count). The van der Waals surface area contributed by atoms with E-state index in [1.54, 1.807) is 6.92 Å². The summed E-state index contributed by atoms with van der Waals surface area (Å²) >= 11 is 1.17. The van der Waals surface area contributed by atoms with Gasteiger partial charge in [0.25, 0.3) is 0 Å². The lowest BCUT2D eigenvalue weighted by molar-refractivity contribution is -0.183. The van der Waals surface area contributed by atoms with Crippen LogP contribution in [0.15, 0.2) is 28.4 Å². The van der Waals surface area contributed by atoms with Gasteiger partial charge in [-0.05, 0) is 96.0 Å². The molecule has 1 N–H and O–H groups in total. The first-order chi connectivity index (χ1) is 21.8. The molecule has 11 heteroatoms. The average molecular weight is 650 g/mol. The third-order valence-corrected chi connectivity index (χ3v) is 10.5. The SMILES string of the molecule is CCN(CCC(C)(CC)OCC(C)(CC)OC(=O)C1CCCCC1C(=O)O)c1ccc(N=Nc2sc(C#N)c(C)c2C#N)c(C)c1. The van der Waals surface area contributed by atoms with Crippen LogP contribution in [0.4, 0.5) is 16.4 Å². The second-order valence-corrected chi connectivity index (χ2v) is 13.6. The van der Waals surface area contributed by atoms with E-state index in [0.717, 1.165) is 50.0 Å². The molecule has 0 spiro atoms. The number of nitriles is 2. The Balaban J connectivity index is 1.65. The zero-order valence-corrected chi connectivity index (χ0v) is 29.0. The monoisotopic (exact) mass is 649 g/mol. The number of thiophene rings is 1. The van der Waals surface area contributed by atoms with Crippen molar-refractivity contribution < 1.29 is 24.2 Å². The molecule has 248 valence electrons. The predicted molar refractivity (Wildman–Crippen MR) is 179 cm³/mol. The van der Waals surface area contributed by atoms with E-state index >= 15 is 0 Å². The van der Waals surface area contributed by atoms with Gasteiger partial charge in [-0.3, -0.25) is 9.59 Å². The fourth-order valence-electron chi connectivity index (χ4n) is 5.60. The Labute approximate surface area is 277 Å². The van der Waals surface area contributed by atoms with Crippen LogP contribution in [-0.2, 0) is 19.1 Å². The number of hydrogen-bond donors (Lipinski definition) is 1. The molecule has 1 saturated carbocycles. The van der Waals surface area contributed by atoms with E-state index < -0.39 is 35.0 Å². The van der Waals surface area contributed by atoms with Crippen molar-refractivity contribution in [2.45, 2.75) is 105 Å². The molecule has 1 fully saturated rings. The molecule has 4 atom stereocenters. The summed E-state index contributed by atoms with van der Waals surface area (Å²) in [5, 5.41) is 37.5. The van der Waals surface area contributed by atoms with Crippen LogP contribution in [0, 0.1) is 48.3 Å². The van der Waals surface area contributed by atoms with Crippen molar-refractivity contribution in [1.82, 2.24) is 0 Å². The molecule has 1 aromatic heterocycles. The molecule has 2 aromatic rings. The molecule has 1 aromatic carbocycles. The molecule has 0 radical (unpaired) electrons. The zero-order chi connectivity index (χ0) is 34.1. The van der Waals surface area contributed by atoms with Crippen LogP contribution in [-0.4, -0.2) is 47.9 Å². The van der Waals surface area contributed by atoms with Crippen LogP contribution in [0.2, 0.25) is 0 Å². The number of nitrogens with zero attached hydrogens (tertiary/aromatic N) is 5. The van der Waals surface area contributed by atoms with Crippen LogP contribution < -0.4 is 4.90 Å². The van der Waals surface area contributed by atoms with Crippen LogP contribution >= 0.6 is 11.3 Å². The van der Waals surface area contributed by atoms with Gasteiger partial charge in [0.2, 0.25) is 0 Å². The first-order valence-corrected chi connectivity index (χ1v) is 17.0. The van der Waals surface area contributed by atoms with E-state index in [4.69, 9.17) is 9.47 Å². The minimum absolute atomic E-state index is 0.224. The van der Waals surface area contributed by atoms with E-state index in [2.05, 4.69) is 54.1 Å². The average Bonchev–Trinajstić information content (AvgIpc) is 3.37. The Kier molecular flexibility index (Phi) is 12.9. The van der Waals surface area contributed by atoms with Crippen molar-refractivity contribution in [3.63, 3.8) is 0 Å². The van der Waals surface area contributed by atoms with Gasteiger partial charge in [-0.25, -0.2) is 0 Å². The molecular formula is C35H47N5O5S. The summed E-state index contributed by atoms with van der Waals surface area (Å²) in [5.74, 6) is -2.67. The Bertz CT molecular complexity index is 1510. The Morgan fingerprint density at radius 1 is 1.04 bits per heavy atom. The Morgan fingerprint density at radius 2 is 1.72 bits per heavy atom. The largest absolute Gasteiger partial charge is 0.481 e. The van der Waals surface area contributed by atoms with Crippen molar-refractivity contribution in [2.75, 3.05) is 24.6 Å². The van der Waals surface area contributed by atoms with Crippen molar-refractivity contribution in [3.8, 4) is 12.1 Å². The van der Waals surface area contributed by atoms with Gasteiger partial charge in [-0.15, -0.1) is 21.6 Å². The lowest BCUT2D eigenvalue weighted by Crippen LogP contribution is -2.44. The predicted octanol–water partition coefficient (Wildman–Crippen LogP) is 8.53. The van der Waals surface area contributed by atoms with Crippen molar-refractivity contribution in [2.24, 2.45) is 22.1 Å². The highest BCUT2D eigenvalue weighted by molar-refractivity contribution is 7.16. The van der Waals surface area contributed by atoms with Gasteiger partial charge < -0.3 is 19.5 Å². The minimum Gasteiger partial charge on any atom is -0.481 e. The second kappa shape index (κ2) is 16.2. The summed E-state index contributed by atoms with van der Waals surface area (Å²) in [6.45, 7) is 15.5. The van der Waals surface area contributed by atoms with Gasteiger partial charge in [0.15, 0.2) is 5.00 Å². The highest BCUT2D eigenvalue weighted by atomic mass is 32.1. The number of carboxylic acids is 1. The standard InChI is InChI=1S/C35H47N5O5S/c1-8-34(6,44-22-35(7,9-2)45-33(43)27-14-12-11-13-26(27)32(41)42)17-18-40(10-3)25-15-16-29(23(4)19-25)38-39-31-28(20-36)24(5)30(21-37)46-31/h15-16,19,26-27H,8-14,17-18,22H2,1-7H3,(H,41,42). The number of anilines is 1. The first-order valence-electron chi connectivity index (χ1n) is 16.1. The summed E-state index contributed by atoms with van der Waals surface area (Å²) in [7, 11) is 0. The Morgan fingerprint density at radius 3 is 2.28 bits per heavy atom. The second-order valence-electron chi connectivity index (χ2n) is 12.6. The maximum atomic E-state index is 13.1. The Hall–Kier alpha value is -3.80. The molecule has 1 aliphatic carbocycles. The molecule has 1 heterocycles. The maximum Gasteiger partial charge on any atom is 0.310 e. The van der Waals surface area contributed by atoms with Crippen molar-refractivity contribution in [1.29, 1.82) is 10.5 Å². The molecule has 0 saturated heterocycles. The van der Waals surface area contributed by atoms with Crippen LogP contribution in [0.3, 0.4) is 0 Å². The molecule has 0 bridgehead atoms. The summed E-state index contributed by atoms with van der Waals surface area (Å²) in [5.41, 5.74) is 2.36. The van der Waals surface area contributed by atoms with Gasteiger partial charge in [0.1, 0.15) is 22.6 Å². The van der Waals surface area contributed by atoms with Crippen LogP contribution in [0.1, 0.15) is 101 Å². The van der Waals surface area contributed by atoms with E-state index in [0.29, 0.717) is 46.0 Å². The highest BCUT2D eigenvalue weighted by Crippen LogP contribution is 2.37. The van der Waals surface area contributed by atoms with Crippen molar-refractivity contribution >= 4 is 39.7 Å². The van der Waals surface area contributed by atoms with Gasteiger partial charge in [0.05, 0.1) is 35.3 Å². The van der Waals surface area contributed by atoms with E-state index in [1.807, 2.05) is 32.9 Å². The number of aryl methyl sites for hydroxylation is 1. The van der Waals surface area contributed by atoms with E-state index in [1.165, 1.54) is 11.3 Å². The highest BCUT2D eigenvalue weighted by Gasteiger charge is 2.40. The minimum atomic E-state index is -0.929. The third-order valence-electron chi connectivity index (χ3n) is 9.38. The molecule has 0 aliphatic heterocycles. The topological polar surface area (TPSA) is 148 Å². The molecule has 46 heavy (non-hydrogen) atoms. The molecule has 0 amide bonds.